The van der Waals surface area contributed by atoms with Gasteiger partial charge in [0.2, 0.25) is 0 Å². The third-order valence-corrected chi connectivity index (χ3v) is 4.78. The number of fused-ring (bicyclic) bond motifs is 1. The van der Waals surface area contributed by atoms with Gasteiger partial charge in [0, 0.05) is 16.0 Å². The zero-order chi connectivity index (χ0) is 17.2. The van der Waals surface area contributed by atoms with E-state index in [-0.39, 0.29) is 0 Å². The Kier molecular flexibility index (Phi) is 4.25. The molecule has 0 aliphatic carbocycles. The monoisotopic (exact) mass is 343 g/mol. The quantitative estimate of drug-likeness (QED) is 0.399. The minimum atomic E-state index is 0.742. The van der Waals surface area contributed by atoms with E-state index in [2.05, 4.69) is 55.5 Å². The second-order valence-electron chi connectivity index (χ2n) is 6.06. The molecule has 25 heavy (non-hydrogen) atoms. The fraction of sp³-hybridized carbons (Fsp3) is 0.0870. The molecule has 3 aromatic carbocycles. The highest BCUT2D eigenvalue weighted by atomic mass is 35.5. The van der Waals surface area contributed by atoms with Crippen molar-refractivity contribution in [2.24, 2.45) is 0 Å². The maximum Gasteiger partial charge on any atom is 0.0747 e. The number of rotatable bonds is 3. The van der Waals surface area contributed by atoms with Crippen LogP contribution >= 0.6 is 11.6 Å². The summed E-state index contributed by atoms with van der Waals surface area (Å²) < 4.78 is 0. The van der Waals surface area contributed by atoms with Crippen molar-refractivity contribution in [2.45, 2.75) is 13.3 Å². The molecule has 0 bridgehead atoms. The fourth-order valence-electron chi connectivity index (χ4n) is 3.38. The summed E-state index contributed by atoms with van der Waals surface area (Å²) in [5, 5.41) is 1.94. The minimum absolute atomic E-state index is 0.742. The van der Waals surface area contributed by atoms with Crippen LogP contribution in [0.15, 0.2) is 78.9 Å². The van der Waals surface area contributed by atoms with Crippen molar-refractivity contribution in [3.05, 3.63) is 89.4 Å². The van der Waals surface area contributed by atoms with E-state index in [1.165, 1.54) is 22.1 Å². The van der Waals surface area contributed by atoms with Gasteiger partial charge in [0.15, 0.2) is 0 Å². The van der Waals surface area contributed by atoms with Gasteiger partial charge in [-0.2, -0.15) is 0 Å². The highest BCUT2D eigenvalue weighted by molar-refractivity contribution is 6.30. The molecular formula is C23H18ClN. The summed E-state index contributed by atoms with van der Waals surface area (Å²) in [6.07, 6.45) is 0.917. The lowest BCUT2D eigenvalue weighted by atomic mass is 9.91. The number of nitrogens with zero attached hydrogens (tertiary/aromatic N) is 1. The molecule has 2 heteroatoms. The number of para-hydroxylation sites is 1. The first-order valence-electron chi connectivity index (χ1n) is 8.51. The lowest BCUT2D eigenvalue weighted by molar-refractivity contribution is 1.13. The van der Waals surface area contributed by atoms with Crippen molar-refractivity contribution in [3.8, 4) is 22.4 Å². The maximum atomic E-state index is 6.07. The van der Waals surface area contributed by atoms with Gasteiger partial charge in [-0.05, 0) is 41.3 Å². The summed E-state index contributed by atoms with van der Waals surface area (Å²) in [6.45, 7) is 2.19. The van der Waals surface area contributed by atoms with E-state index in [1.54, 1.807) is 0 Å². The van der Waals surface area contributed by atoms with Gasteiger partial charge < -0.3 is 0 Å². The summed E-state index contributed by atoms with van der Waals surface area (Å²) >= 11 is 6.07. The zero-order valence-corrected chi connectivity index (χ0v) is 14.8. The second-order valence-corrected chi connectivity index (χ2v) is 6.49. The van der Waals surface area contributed by atoms with Crippen LogP contribution in [-0.4, -0.2) is 4.98 Å². The van der Waals surface area contributed by atoms with Crippen LogP contribution in [0.2, 0.25) is 5.02 Å². The molecule has 0 atom stereocenters. The molecule has 0 aliphatic rings. The van der Waals surface area contributed by atoms with E-state index < -0.39 is 0 Å². The van der Waals surface area contributed by atoms with Gasteiger partial charge >= 0.3 is 0 Å². The van der Waals surface area contributed by atoms with Gasteiger partial charge in [-0.15, -0.1) is 0 Å². The average Bonchev–Trinajstić information content (AvgIpc) is 2.67. The van der Waals surface area contributed by atoms with E-state index in [0.717, 1.165) is 28.2 Å². The van der Waals surface area contributed by atoms with Crippen molar-refractivity contribution in [2.75, 3.05) is 0 Å². The largest absolute Gasteiger partial charge is 0.247 e. The van der Waals surface area contributed by atoms with Crippen molar-refractivity contribution in [1.29, 1.82) is 0 Å². The average molecular weight is 344 g/mol. The molecule has 1 heterocycles. The van der Waals surface area contributed by atoms with Crippen LogP contribution in [0.4, 0.5) is 0 Å². The third kappa shape index (κ3) is 2.92. The second kappa shape index (κ2) is 6.70. The van der Waals surface area contributed by atoms with E-state index in [4.69, 9.17) is 16.6 Å². The number of aromatic nitrogens is 1. The van der Waals surface area contributed by atoms with Crippen LogP contribution < -0.4 is 0 Å². The number of hydrogen-bond donors (Lipinski definition) is 0. The molecule has 0 saturated heterocycles. The molecule has 0 N–H and O–H groups in total. The predicted octanol–water partition coefficient (Wildman–Crippen LogP) is 6.78. The number of halogens is 1. The Morgan fingerprint density at radius 3 is 2.16 bits per heavy atom. The minimum Gasteiger partial charge on any atom is -0.247 e. The summed E-state index contributed by atoms with van der Waals surface area (Å²) in [6, 6.07) is 26.9. The number of hydrogen-bond acceptors (Lipinski definition) is 1. The van der Waals surface area contributed by atoms with Crippen LogP contribution in [0.5, 0.6) is 0 Å². The lowest BCUT2D eigenvalue weighted by Gasteiger charge is -2.17. The van der Waals surface area contributed by atoms with Gasteiger partial charge in [0.05, 0.1) is 11.2 Å². The lowest BCUT2D eigenvalue weighted by Crippen LogP contribution is -1.98. The molecule has 0 unspecified atom stereocenters. The number of benzene rings is 3. The molecule has 0 amide bonds. The Morgan fingerprint density at radius 2 is 1.44 bits per heavy atom. The third-order valence-electron chi connectivity index (χ3n) is 4.53. The molecule has 0 radical (unpaired) electrons. The Morgan fingerprint density at radius 1 is 0.760 bits per heavy atom. The molecule has 4 rings (SSSR count). The SMILES string of the molecule is CCc1c(-c2ccc(Cl)cc2)nc2ccccc2c1-c1ccccc1. The summed E-state index contributed by atoms with van der Waals surface area (Å²) in [5.74, 6) is 0. The molecule has 0 spiro atoms. The van der Waals surface area contributed by atoms with Gasteiger partial charge in [-0.1, -0.05) is 79.2 Å². The highest BCUT2D eigenvalue weighted by Crippen LogP contribution is 2.37. The van der Waals surface area contributed by atoms with Crippen LogP contribution in [0.1, 0.15) is 12.5 Å². The number of pyridine rings is 1. The van der Waals surface area contributed by atoms with Crippen LogP contribution in [-0.2, 0) is 6.42 Å². The van der Waals surface area contributed by atoms with Crippen molar-refractivity contribution < 1.29 is 0 Å². The van der Waals surface area contributed by atoms with Crippen LogP contribution in [0.3, 0.4) is 0 Å². The van der Waals surface area contributed by atoms with Crippen molar-refractivity contribution >= 4 is 22.5 Å². The Bertz CT molecular complexity index is 1020. The summed E-state index contributed by atoms with van der Waals surface area (Å²) in [7, 11) is 0. The Hall–Kier alpha value is -2.64. The van der Waals surface area contributed by atoms with E-state index in [1.807, 2.05) is 30.3 Å². The molecule has 0 fully saturated rings. The molecule has 0 aliphatic heterocycles. The first kappa shape index (κ1) is 15.9. The molecule has 0 saturated carbocycles. The van der Waals surface area contributed by atoms with E-state index in [9.17, 15) is 0 Å². The van der Waals surface area contributed by atoms with Gasteiger partial charge in [-0.25, -0.2) is 4.98 Å². The summed E-state index contributed by atoms with van der Waals surface area (Å²) in [5.41, 5.74) is 6.93. The van der Waals surface area contributed by atoms with Gasteiger partial charge in [0.25, 0.3) is 0 Å². The molecule has 1 nitrogen and oxygen atoms in total. The Balaban J connectivity index is 2.09. The summed E-state index contributed by atoms with van der Waals surface area (Å²) in [4.78, 5) is 4.99. The standard InChI is InChI=1S/C23H18ClN/c1-2-19-22(16-8-4-3-5-9-16)20-10-6-7-11-21(20)25-23(19)17-12-14-18(24)15-13-17/h3-15H,2H2,1H3. The normalized spacial score (nSPS) is 11.0. The van der Waals surface area contributed by atoms with Crippen molar-refractivity contribution in [3.63, 3.8) is 0 Å². The maximum absolute atomic E-state index is 6.07. The predicted molar refractivity (Wildman–Crippen MR) is 107 cm³/mol. The Labute approximate surface area is 152 Å². The van der Waals surface area contributed by atoms with Crippen molar-refractivity contribution in [1.82, 2.24) is 4.98 Å². The molecular weight excluding hydrogens is 326 g/mol. The van der Waals surface area contributed by atoms with Crippen LogP contribution in [0.25, 0.3) is 33.3 Å². The smallest absolute Gasteiger partial charge is 0.0747 e. The molecule has 1 aromatic heterocycles. The van der Waals surface area contributed by atoms with Gasteiger partial charge in [0.1, 0.15) is 0 Å². The van der Waals surface area contributed by atoms with E-state index >= 15 is 0 Å². The van der Waals surface area contributed by atoms with E-state index in [0.29, 0.717) is 0 Å². The first-order chi connectivity index (χ1) is 12.3. The topological polar surface area (TPSA) is 12.9 Å². The van der Waals surface area contributed by atoms with Gasteiger partial charge in [-0.3, -0.25) is 0 Å². The zero-order valence-electron chi connectivity index (χ0n) is 14.0. The molecule has 122 valence electrons. The highest BCUT2D eigenvalue weighted by Gasteiger charge is 2.16. The first-order valence-corrected chi connectivity index (χ1v) is 8.88. The molecule has 4 aromatic rings. The van der Waals surface area contributed by atoms with Crippen LogP contribution in [0, 0.1) is 0 Å². The fourth-order valence-corrected chi connectivity index (χ4v) is 3.50.